The fourth-order valence-corrected chi connectivity index (χ4v) is 2.34. The van der Waals surface area contributed by atoms with Crippen LogP contribution >= 0.6 is 11.6 Å². The standard InChI is InChI=1S/C15H17ClN4O/c1-10(12-6-4-5-7-13(12)16)8-14(21)18-11(2)15-19-17-9-20(15)3/h4-9,11H,1-3H3,(H,18,21)/b10-8+/t11-/m1/s1. The lowest BCUT2D eigenvalue weighted by molar-refractivity contribution is -0.117. The molecule has 0 saturated carbocycles. The van der Waals surface area contributed by atoms with Crippen molar-refractivity contribution in [1.82, 2.24) is 20.1 Å². The van der Waals surface area contributed by atoms with Gasteiger partial charge in [0.2, 0.25) is 5.91 Å². The molecule has 0 aliphatic rings. The van der Waals surface area contributed by atoms with Gasteiger partial charge in [0, 0.05) is 18.1 Å². The third kappa shape index (κ3) is 3.70. The molecule has 2 rings (SSSR count). The van der Waals surface area contributed by atoms with E-state index in [1.165, 1.54) is 6.08 Å². The summed E-state index contributed by atoms with van der Waals surface area (Å²) in [5.41, 5.74) is 1.66. The summed E-state index contributed by atoms with van der Waals surface area (Å²) in [5, 5.41) is 11.3. The van der Waals surface area contributed by atoms with E-state index in [1.54, 1.807) is 17.0 Å². The van der Waals surface area contributed by atoms with Crippen LogP contribution in [0.3, 0.4) is 0 Å². The highest BCUT2D eigenvalue weighted by atomic mass is 35.5. The minimum atomic E-state index is -0.222. The van der Waals surface area contributed by atoms with E-state index in [9.17, 15) is 4.79 Å². The van der Waals surface area contributed by atoms with Gasteiger partial charge in [-0.2, -0.15) is 0 Å². The number of carbonyl (C=O) groups excluding carboxylic acids is 1. The van der Waals surface area contributed by atoms with Crippen LogP contribution in [-0.4, -0.2) is 20.7 Å². The number of hydrogen-bond acceptors (Lipinski definition) is 3. The smallest absolute Gasteiger partial charge is 0.244 e. The van der Waals surface area contributed by atoms with Gasteiger partial charge in [-0.15, -0.1) is 10.2 Å². The molecule has 1 amide bonds. The first-order valence-electron chi connectivity index (χ1n) is 6.56. The molecule has 0 aliphatic heterocycles. The summed E-state index contributed by atoms with van der Waals surface area (Å²) in [6.07, 6.45) is 3.14. The molecule has 0 unspecified atom stereocenters. The van der Waals surface area contributed by atoms with Crippen molar-refractivity contribution >= 4 is 23.1 Å². The lowest BCUT2D eigenvalue weighted by Crippen LogP contribution is -2.26. The van der Waals surface area contributed by atoms with Gasteiger partial charge in [-0.25, -0.2) is 0 Å². The maximum absolute atomic E-state index is 12.1. The molecule has 6 heteroatoms. The van der Waals surface area contributed by atoms with Crippen molar-refractivity contribution in [2.45, 2.75) is 19.9 Å². The maximum Gasteiger partial charge on any atom is 0.244 e. The van der Waals surface area contributed by atoms with Crippen LogP contribution in [0.2, 0.25) is 5.02 Å². The number of aromatic nitrogens is 3. The fraction of sp³-hybridized carbons (Fsp3) is 0.267. The molecule has 1 N–H and O–H groups in total. The molecule has 0 radical (unpaired) electrons. The molecule has 1 atom stereocenters. The molecule has 2 aromatic rings. The van der Waals surface area contributed by atoms with Crippen LogP contribution in [-0.2, 0) is 11.8 Å². The number of carbonyl (C=O) groups is 1. The van der Waals surface area contributed by atoms with E-state index in [0.29, 0.717) is 10.8 Å². The highest BCUT2D eigenvalue weighted by Crippen LogP contribution is 2.22. The zero-order valence-corrected chi connectivity index (χ0v) is 12.9. The van der Waals surface area contributed by atoms with E-state index in [1.807, 2.05) is 39.1 Å². The van der Waals surface area contributed by atoms with Gasteiger partial charge >= 0.3 is 0 Å². The maximum atomic E-state index is 12.1. The quantitative estimate of drug-likeness (QED) is 0.884. The molecule has 0 bridgehead atoms. The molecule has 1 aromatic heterocycles. The van der Waals surface area contributed by atoms with Gasteiger partial charge in [0.05, 0.1) is 6.04 Å². The fourth-order valence-electron chi connectivity index (χ4n) is 2.06. The summed E-state index contributed by atoms with van der Waals surface area (Å²) in [7, 11) is 1.84. The molecule has 1 heterocycles. The molecule has 0 saturated heterocycles. The van der Waals surface area contributed by atoms with Crippen LogP contribution in [0.4, 0.5) is 0 Å². The first kappa shape index (κ1) is 15.3. The highest BCUT2D eigenvalue weighted by Gasteiger charge is 2.13. The van der Waals surface area contributed by atoms with E-state index in [0.717, 1.165) is 11.1 Å². The summed E-state index contributed by atoms with van der Waals surface area (Å²) in [5.74, 6) is 0.509. The normalized spacial score (nSPS) is 13.0. The Morgan fingerprint density at radius 3 is 2.76 bits per heavy atom. The Bertz CT molecular complexity index is 678. The summed E-state index contributed by atoms with van der Waals surface area (Å²) >= 11 is 6.12. The zero-order chi connectivity index (χ0) is 15.4. The second-order valence-corrected chi connectivity index (χ2v) is 5.24. The van der Waals surface area contributed by atoms with Gasteiger partial charge in [-0.1, -0.05) is 29.8 Å². The predicted octanol–water partition coefficient (Wildman–Crippen LogP) is 2.75. The number of allylic oxidation sites excluding steroid dienone is 1. The lowest BCUT2D eigenvalue weighted by Gasteiger charge is -2.12. The van der Waals surface area contributed by atoms with Crippen LogP contribution in [0.1, 0.15) is 31.3 Å². The van der Waals surface area contributed by atoms with Crippen molar-refractivity contribution in [2.75, 3.05) is 0 Å². The Hall–Kier alpha value is -2.14. The monoisotopic (exact) mass is 304 g/mol. The number of amides is 1. The lowest BCUT2D eigenvalue weighted by atomic mass is 10.1. The van der Waals surface area contributed by atoms with Crippen LogP contribution < -0.4 is 5.32 Å². The van der Waals surface area contributed by atoms with Gasteiger partial charge in [-0.05, 0) is 31.1 Å². The Balaban J connectivity index is 2.09. The van der Waals surface area contributed by atoms with Crippen molar-refractivity contribution in [1.29, 1.82) is 0 Å². The number of aryl methyl sites for hydroxylation is 1. The first-order valence-corrected chi connectivity index (χ1v) is 6.94. The Morgan fingerprint density at radius 1 is 1.43 bits per heavy atom. The molecular formula is C15H17ClN4O. The van der Waals surface area contributed by atoms with Crippen molar-refractivity contribution in [2.24, 2.45) is 7.05 Å². The van der Waals surface area contributed by atoms with E-state index < -0.39 is 0 Å². The molecule has 21 heavy (non-hydrogen) atoms. The largest absolute Gasteiger partial charge is 0.343 e. The van der Waals surface area contributed by atoms with Gasteiger partial charge in [0.1, 0.15) is 6.33 Å². The van der Waals surface area contributed by atoms with Crippen LogP contribution in [0.15, 0.2) is 36.7 Å². The van der Waals surface area contributed by atoms with Gasteiger partial charge in [0.25, 0.3) is 0 Å². The van der Waals surface area contributed by atoms with Crippen LogP contribution in [0.5, 0.6) is 0 Å². The number of hydrogen-bond donors (Lipinski definition) is 1. The first-order chi connectivity index (χ1) is 9.99. The summed E-state index contributed by atoms with van der Waals surface area (Å²) in [6.45, 7) is 3.72. The topological polar surface area (TPSA) is 59.8 Å². The highest BCUT2D eigenvalue weighted by molar-refractivity contribution is 6.32. The molecule has 0 aliphatic carbocycles. The molecule has 0 spiro atoms. The van der Waals surface area contributed by atoms with Crippen molar-refractivity contribution in [3.63, 3.8) is 0 Å². The number of halogens is 1. The third-order valence-electron chi connectivity index (χ3n) is 3.14. The van der Waals surface area contributed by atoms with Crippen molar-refractivity contribution < 1.29 is 4.79 Å². The van der Waals surface area contributed by atoms with Crippen molar-refractivity contribution in [3.8, 4) is 0 Å². The molecule has 110 valence electrons. The second-order valence-electron chi connectivity index (χ2n) is 4.84. The third-order valence-corrected chi connectivity index (χ3v) is 3.47. The Morgan fingerprint density at radius 2 is 2.14 bits per heavy atom. The Labute approximate surface area is 128 Å². The molecule has 0 fully saturated rings. The number of rotatable bonds is 4. The van der Waals surface area contributed by atoms with Crippen molar-refractivity contribution in [3.05, 3.63) is 53.1 Å². The molecule has 1 aromatic carbocycles. The SMILES string of the molecule is C/C(=C\C(=O)N[C@H](C)c1nncn1C)c1ccccc1Cl. The van der Waals surface area contributed by atoms with Crippen LogP contribution in [0.25, 0.3) is 5.57 Å². The minimum Gasteiger partial charge on any atom is -0.343 e. The zero-order valence-electron chi connectivity index (χ0n) is 12.2. The number of nitrogens with zero attached hydrogens (tertiary/aromatic N) is 3. The van der Waals surface area contributed by atoms with Gasteiger partial charge < -0.3 is 9.88 Å². The Kier molecular flexibility index (Phi) is 4.75. The summed E-state index contributed by atoms with van der Waals surface area (Å²) in [4.78, 5) is 12.1. The van der Waals surface area contributed by atoms with E-state index in [-0.39, 0.29) is 11.9 Å². The average molecular weight is 305 g/mol. The summed E-state index contributed by atoms with van der Waals surface area (Å²) in [6, 6.07) is 7.20. The average Bonchev–Trinajstić information content (AvgIpc) is 2.85. The second kappa shape index (κ2) is 6.54. The van der Waals surface area contributed by atoms with E-state index >= 15 is 0 Å². The predicted molar refractivity (Wildman–Crippen MR) is 82.7 cm³/mol. The molecular weight excluding hydrogens is 288 g/mol. The van der Waals surface area contributed by atoms with Gasteiger partial charge in [0.15, 0.2) is 5.82 Å². The minimum absolute atomic E-state index is 0.192. The van der Waals surface area contributed by atoms with E-state index in [2.05, 4.69) is 15.5 Å². The number of benzene rings is 1. The number of nitrogens with one attached hydrogen (secondary N) is 1. The van der Waals surface area contributed by atoms with E-state index in [4.69, 9.17) is 11.6 Å². The molecule has 5 nitrogen and oxygen atoms in total. The van der Waals surface area contributed by atoms with Gasteiger partial charge in [-0.3, -0.25) is 4.79 Å². The van der Waals surface area contributed by atoms with Crippen LogP contribution in [0, 0.1) is 0 Å². The summed E-state index contributed by atoms with van der Waals surface area (Å²) < 4.78 is 1.77.